The third-order valence-electron chi connectivity index (χ3n) is 4.20. The Bertz CT molecular complexity index is 514. The fraction of sp³-hybridized carbons (Fsp3) is 0.625. The number of hydrogen-bond acceptors (Lipinski definition) is 3. The molecular weight excluding hydrogens is 269 g/mol. The number of nitrogens with one attached hydrogen (secondary N) is 2. The Kier molecular flexibility index (Phi) is 4.08. The zero-order chi connectivity index (χ0) is 14.8. The van der Waals surface area contributed by atoms with Crippen LogP contribution in [0.5, 0.6) is 0 Å². The van der Waals surface area contributed by atoms with Crippen molar-refractivity contribution in [2.75, 3.05) is 11.9 Å². The second-order valence-electron chi connectivity index (χ2n) is 6.15. The predicted molar refractivity (Wildman–Crippen MR) is 79.7 cm³/mol. The summed E-state index contributed by atoms with van der Waals surface area (Å²) in [6.07, 6.45) is 6.86. The zero-order valence-electron chi connectivity index (χ0n) is 12.4. The summed E-state index contributed by atoms with van der Waals surface area (Å²) < 4.78 is 13.4. The molecule has 2 saturated carbocycles. The maximum atomic E-state index is 13.4. The van der Waals surface area contributed by atoms with Crippen molar-refractivity contribution in [1.29, 1.82) is 0 Å². The Morgan fingerprint density at radius 3 is 2.62 bits per heavy atom. The number of pyridine rings is 1. The number of amides is 1. The lowest BCUT2D eigenvalue weighted by Gasteiger charge is -2.19. The number of rotatable bonds is 7. The summed E-state index contributed by atoms with van der Waals surface area (Å²) in [5.41, 5.74) is 0.315. The normalized spacial score (nSPS) is 17.9. The van der Waals surface area contributed by atoms with Crippen LogP contribution in [0.3, 0.4) is 0 Å². The van der Waals surface area contributed by atoms with E-state index >= 15 is 0 Å². The van der Waals surface area contributed by atoms with Crippen LogP contribution in [0.1, 0.15) is 49.4 Å². The third kappa shape index (κ3) is 3.52. The minimum atomic E-state index is -0.475. The lowest BCUT2D eigenvalue weighted by atomic mass is 10.1. The van der Waals surface area contributed by atoms with Crippen molar-refractivity contribution in [3.8, 4) is 0 Å². The van der Waals surface area contributed by atoms with Gasteiger partial charge in [-0.2, -0.15) is 0 Å². The summed E-state index contributed by atoms with van der Waals surface area (Å²) in [6.45, 7) is 2.75. The van der Waals surface area contributed by atoms with Gasteiger partial charge in [-0.25, -0.2) is 9.37 Å². The van der Waals surface area contributed by atoms with Crippen LogP contribution in [0.4, 0.5) is 10.2 Å². The van der Waals surface area contributed by atoms with Crippen molar-refractivity contribution in [3.05, 3.63) is 23.6 Å². The smallest absolute Gasteiger partial charge is 0.255 e. The lowest BCUT2D eigenvalue weighted by Crippen LogP contribution is -2.38. The van der Waals surface area contributed by atoms with Crippen LogP contribution in [-0.4, -0.2) is 23.5 Å². The summed E-state index contributed by atoms with van der Waals surface area (Å²) in [5.74, 6) is 1.03. The first-order valence-electron chi connectivity index (χ1n) is 7.89. The molecule has 3 rings (SSSR count). The number of halogens is 1. The van der Waals surface area contributed by atoms with Crippen molar-refractivity contribution in [2.45, 2.75) is 45.1 Å². The van der Waals surface area contributed by atoms with Gasteiger partial charge in [0.05, 0.1) is 11.8 Å². The molecule has 5 heteroatoms. The minimum absolute atomic E-state index is 0.204. The number of nitrogens with zero attached hydrogens (tertiary/aromatic N) is 1. The van der Waals surface area contributed by atoms with Crippen molar-refractivity contribution < 1.29 is 9.18 Å². The van der Waals surface area contributed by atoms with Crippen molar-refractivity contribution in [1.82, 2.24) is 10.3 Å². The molecule has 0 unspecified atom stereocenters. The molecule has 2 fully saturated rings. The van der Waals surface area contributed by atoms with Gasteiger partial charge in [-0.3, -0.25) is 4.79 Å². The van der Waals surface area contributed by atoms with E-state index in [1.807, 2.05) is 6.92 Å². The number of carbonyl (C=O) groups excluding carboxylic acids is 1. The molecule has 0 aliphatic heterocycles. The van der Waals surface area contributed by atoms with E-state index in [0.29, 0.717) is 29.8 Å². The Morgan fingerprint density at radius 2 is 2.05 bits per heavy atom. The van der Waals surface area contributed by atoms with Gasteiger partial charge in [0.25, 0.3) is 5.91 Å². The van der Waals surface area contributed by atoms with Crippen LogP contribution >= 0.6 is 0 Å². The van der Waals surface area contributed by atoms with E-state index in [1.54, 1.807) is 0 Å². The third-order valence-corrected chi connectivity index (χ3v) is 4.20. The molecular formula is C16H22FN3O. The van der Waals surface area contributed by atoms with Gasteiger partial charge in [-0.15, -0.1) is 0 Å². The van der Waals surface area contributed by atoms with Gasteiger partial charge in [0.2, 0.25) is 0 Å². The Morgan fingerprint density at radius 1 is 1.38 bits per heavy atom. The van der Waals surface area contributed by atoms with E-state index in [9.17, 15) is 9.18 Å². The summed E-state index contributed by atoms with van der Waals surface area (Å²) in [7, 11) is 0. The minimum Gasteiger partial charge on any atom is -0.369 e. The van der Waals surface area contributed by atoms with Gasteiger partial charge >= 0.3 is 0 Å². The fourth-order valence-electron chi connectivity index (χ4n) is 2.76. The van der Waals surface area contributed by atoms with Crippen molar-refractivity contribution >= 4 is 11.7 Å². The average Bonchev–Trinajstić information content (AvgIpc) is 3.36. The maximum Gasteiger partial charge on any atom is 0.255 e. The molecule has 2 N–H and O–H groups in total. The highest BCUT2D eigenvalue weighted by molar-refractivity contribution is 5.99. The average molecular weight is 291 g/mol. The number of anilines is 1. The molecule has 4 nitrogen and oxygen atoms in total. The van der Waals surface area contributed by atoms with Crippen LogP contribution in [0.25, 0.3) is 0 Å². The molecule has 1 aromatic rings. The first-order chi connectivity index (χ1) is 10.2. The highest BCUT2D eigenvalue weighted by Gasteiger charge is 2.42. The molecule has 0 radical (unpaired) electrons. The molecule has 0 atom stereocenters. The van der Waals surface area contributed by atoms with Crippen molar-refractivity contribution in [2.24, 2.45) is 11.8 Å². The molecule has 1 aromatic heterocycles. The number of hydrogen-bond donors (Lipinski definition) is 2. The summed E-state index contributed by atoms with van der Waals surface area (Å²) >= 11 is 0. The molecule has 1 heterocycles. The summed E-state index contributed by atoms with van der Waals surface area (Å²) in [5, 5.41) is 6.21. The Labute approximate surface area is 124 Å². The van der Waals surface area contributed by atoms with Gasteiger partial charge in [0, 0.05) is 12.6 Å². The van der Waals surface area contributed by atoms with Crippen molar-refractivity contribution in [3.63, 3.8) is 0 Å². The van der Waals surface area contributed by atoms with Gasteiger partial charge in [-0.05, 0) is 50.0 Å². The highest BCUT2D eigenvalue weighted by Crippen LogP contribution is 2.44. The molecule has 2 aliphatic carbocycles. The van der Waals surface area contributed by atoms with E-state index < -0.39 is 5.82 Å². The summed E-state index contributed by atoms with van der Waals surface area (Å²) in [6, 6.07) is 1.54. The quantitative estimate of drug-likeness (QED) is 0.812. The van der Waals surface area contributed by atoms with Gasteiger partial charge in [-0.1, -0.05) is 6.92 Å². The SMILES string of the molecule is CCCNc1ncc(F)cc1C(=O)NC(C1CC1)C1CC1. The largest absolute Gasteiger partial charge is 0.369 e. The monoisotopic (exact) mass is 291 g/mol. The van der Waals surface area contributed by atoms with E-state index in [-0.39, 0.29) is 11.9 Å². The highest BCUT2D eigenvalue weighted by atomic mass is 19.1. The van der Waals surface area contributed by atoms with Gasteiger partial charge in [0.15, 0.2) is 0 Å². The molecule has 0 aromatic carbocycles. The predicted octanol–water partition coefficient (Wildman–Crippen LogP) is 2.96. The van der Waals surface area contributed by atoms with E-state index in [2.05, 4.69) is 15.6 Å². The standard InChI is InChI=1S/C16H22FN3O/c1-2-7-18-15-13(8-12(17)9-19-15)16(21)20-14(10-3-4-10)11-5-6-11/h8-11,14H,2-7H2,1H3,(H,18,19)(H,20,21). The van der Waals surface area contributed by atoms with Gasteiger partial charge < -0.3 is 10.6 Å². The van der Waals surface area contributed by atoms with E-state index in [1.165, 1.54) is 31.7 Å². The Balaban J connectivity index is 1.74. The molecule has 0 saturated heterocycles. The van der Waals surface area contributed by atoms with Crippen LogP contribution in [0.15, 0.2) is 12.3 Å². The first kappa shape index (κ1) is 14.3. The number of aromatic nitrogens is 1. The second kappa shape index (κ2) is 6.00. The van der Waals surface area contributed by atoms with E-state index in [4.69, 9.17) is 0 Å². The van der Waals surface area contributed by atoms with Crippen LogP contribution in [-0.2, 0) is 0 Å². The fourth-order valence-corrected chi connectivity index (χ4v) is 2.76. The zero-order valence-corrected chi connectivity index (χ0v) is 12.4. The maximum absolute atomic E-state index is 13.4. The van der Waals surface area contributed by atoms with Crippen LogP contribution < -0.4 is 10.6 Å². The molecule has 0 bridgehead atoms. The van der Waals surface area contributed by atoms with Crippen LogP contribution in [0, 0.1) is 17.7 Å². The summed E-state index contributed by atoms with van der Waals surface area (Å²) in [4.78, 5) is 16.5. The van der Waals surface area contributed by atoms with E-state index in [0.717, 1.165) is 12.6 Å². The molecule has 2 aliphatic rings. The lowest BCUT2D eigenvalue weighted by molar-refractivity contribution is 0.0926. The molecule has 114 valence electrons. The molecule has 1 amide bonds. The van der Waals surface area contributed by atoms with Crippen LogP contribution in [0.2, 0.25) is 0 Å². The molecule has 0 spiro atoms. The van der Waals surface area contributed by atoms with Gasteiger partial charge in [0.1, 0.15) is 11.6 Å². The topological polar surface area (TPSA) is 54.0 Å². The number of carbonyl (C=O) groups is 1. The second-order valence-corrected chi connectivity index (χ2v) is 6.15. The Hall–Kier alpha value is -1.65. The molecule has 21 heavy (non-hydrogen) atoms. The first-order valence-corrected chi connectivity index (χ1v) is 7.89.